The highest BCUT2D eigenvalue weighted by Crippen LogP contribution is 2.29. The summed E-state index contributed by atoms with van der Waals surface area (Å²) in [6.07, 6.45) is -4.47. The van der Waals surface area contributed by atoms with E-state index in [1.54, 1.807) is 6.92 Å². The molecule has 0 saturated heterocycles. The number of carboxylic acids is 1. The Hall–Kier alpha value is -2.05. The topological polar surface area (TPSA) is 57.6 Å². The van der Waals surface area contributed by atoms with E-state index in [9.17, 15) is 22.8 Å². The van der Waals surface area contributed by atoms with Gasteiger partial charge < -0.3 is 10.0 Å². The van der Waals surface area contributed by atoms with Crippen LogP contribution in [-0.2, 0) is 11.0 Å². The predicted molar refractivity (Wildman–Crippen MR) is 60.7 cm³/mol. The van der Waals surface area contributed by atoms with Crippen molar-refractivity contribution in [1.29, 1.82) is 0 Å². The van der Waals surface area contributed by atoms with Crippen LogP contribution in [0.3, 0.4) is 0 Å². The molecule has 19 heavy (non-hydrogen) atoms. The van der Waals surface area contributed by atoms with Crippen LogP contribution in [0.2, 0.25) is 0 Å². The molecule has 1 aromatic rings. The predicted octanol–water partition coefficient (Wildman–Crippen LogP) is 2.25. The summed E-state index contributed by atoms with van der Waals surface area (Å²) < 4.78 is 37.0. The van der Waals surface area contributed by atoms with Crippen molar-refractivity contribution < 1.29 is 27.9 Å². The molecule has 0 heterocycles. The molecule has 0 unspecified atom stereocenters. The van der Waals surface area contributed by atoms with E-state index in [0.29, 0.717) is 0 Å². The number of aliphatic carboxylic acids is 1. The lowest BCUT2D eigenvalue weighted by atomic mass is 10.1. The van der Waals surface area contributed by atoms with Gasteiger partial charge in [0.05, 0.1) is 5.56 Å². The van der Waals surface area contributed by atoms with Crippen LogP contribution in [0.25, 0.3) is 0 Å². The van der Waals surface area contributed by atoms with E-state index in [2.05, 4.69) is 0 Å². The molecule has 0 aromatic heterocycles. The first-order valence-electron chi connectivity index (χ1n) is 5.44. The first kappa shape index (κ1) is 15.0. The van der Waals surface area contributed by atoms with Crippen molar-refractivity contribution >= 4 is 11.9 Å². The maximum atomic E-state index is 12.3. The average molecular weight is 275 g/mol. The molecule has 1 N–H and O–H groups in total. The van der Waals surface area contributed by atoms with Gasteiger partial charge in [0.1, 0.15) is 6.54 Å². The highest BCUT2D eigenvalue weighted by Gasteiger charge is 2.30. The van der Waals surface area contributed by atoms with Gasteiger partial charge in [-0.2, -0.15) is 13.2 Å². The molecule has 1 rings (SSSR count). The molecule has 0 aliphatic heterocycles. The second-order valence-electron chi connectivity index (χ2n) is 3.79. The Bertz CT molecular complexity index is 468. The van der Waals surface area contributed by atoms with E-state index in [1.165, 1.54) is 0 Å². The Balaban J connectivity index is 2.91. The summed E-state index contributed by atoms with van der Waals surface area (Å²) in [7, 11) is 0. The quantitative estimate of drug-likeness (QED) is 0.916. The Labute approximate surface area is 107 Å². The number of halogens is 3. The number of benzene rings is 1. The third-order valence-electron chi connectivity index (χ3n) is 2.45. The Morgan fingerprint density at radius 3 is 2.11 bits per heavy atom. The van der Waals surface area contributed by atoms with Crippen molar-refractivity contribution in [2.45, 2.75) is 13.1 Å². The molecular weight excluding hydrogens is 263 g/mol. The first-order chi connectivity index (χ1) is 8.75. The first-order valence-corrected chi connectivity index (χ1v) is 5.44. The summed E-state index contributed by atoms with van der Waals surface area (Å²) in [5.41, 5.74) is -0.832. The fraction of sp³-hybridized carbons (Fsp3) is 0.333. The van der Waals surface area contributed by atoms with Crippen molar-refractivity contribution in [3.8, 4) is 0 Å². The third-order valence-corrected chi connectivity index (χ3v) is 2.45. The number of carbonyl (C=O) groups excluding carboxylic acids is 1. The van der Waals surface area contributed by atoms with Gasteiger partial charge in [0.2, 0.25) is 0 Å². The number of amides is 1. The molecule has 104 valence electrons. The maximum absolute atomic E-state index is 12.3. The van der Waals surface area contributed by atoms with Crippen LogP contribution in [0.5, 0.6) is 0 Å². The van der Waals surface area contributed by atoms with Crippen LogP contribution in [0.1, 0.15) is 22.8 Å². The second-order valence-corrected chi connectivity index (χ2v) is 3.79. The number of carboxylic acid groups (broad SMARTS) is 1. The minimum absolute atomic E-state index is 0.0242. The smallest absolute Gasteiger partial charge is 0.416 e. The van der Waals surface area contributed by atoms with Gasteiger partial charge >= 0.3 is 12.1 Å². The van der Waals surface area contributed by atoms with Gasteiger partial charge in [-0.15, -0.1) is 0 Å². The van der Waals surface area contributed by atoms with Crippen LogP contribution < -0.4 is 0 Å². The average Bonchev–Trinajstić information content (AvgIpc) is 2.34. The third kappa shape index (κ3) is 3.97. The zero-order valence-corrected chi connectivity index (χ0v) is 10.1. The SMILES string of the molecule is CCN(CC(=O)O)C(=O)c1ccc(C(F)(F)F)cc1. The summed E-state index contributed by atoms with van der Waals surface area (Å²) in [5.74, 6) is -1.79. The lowest BCUT2D eigenvalue weighted by Gasteiger charge is -2.18. The lowest BCUT2D eigenvalue weighted by Crippen LogP contribution is -2.35. The normalized spacial score (nSPS) is 11.2. The van der Waals surface area contributed by atoms with Crippen molar-refractivity contribution in [2.24, 2.45) is 0 Å². The lowest BCUT2D eigenvalue weighted by molar-refractivity contribution is -0.138. The maximum Gasteiger partial charge on any atom is 0.416 e. The van der Waals surface area contributed by atoms with Gasteiger partial charge in [0.15, 0.2) is 0 Å². The zero-order chi connectivity index (χ0) is 14.6. The molecule has 0 spiro atoms. The molecule has 4 nitrogen and oxygen atoms in total. The molecule has 0 atom stereocenters. The molecule has 0 saturated carbocycles. The number of nitrogens with zero attached hydrogens (tertiary/aromatic N) is 1. The fourth-order valence-corrected chi connectivity index (χ4v) is 1.47. The summed E-state index contributed by atoms with van der Waals surface area (Å²) in [4.78, 5) is 23.4. The molecule has 0 radical (unpaired) electrons. The van der Waals surface area contributed by atoms with E-state index in [0.717, 1.165) is 29.2 Å². The number of likely N-dealkylation sites (N-methyl/N-ethyl adjacent to an activating group) is 1. The van der Waals surface area contributed by atoms with Crippen LogP contribution in [0, 0.1) is 0 Å². The van der Waals surface area contributed by atoms with Crippen LogP contribution in [-0.4, -0.2) is 35.0 Å². The Morgan fingerprint density at radius 2 is 1.74 bits per heavy atom. The summed E-state index contributed by atoms with van der Waals surface area (Å²) in [6.45, 7) is 1.26. The van der Waals surface area contributed by atoms with E-state index in [-0.39, 0.29) is 12.1 Å². The van der Waals surface area contributed by atoms with E-state index < -0.39 is 30.2 Å². The monoisotopic (exact) mass is 275 g/mol. The number of rotatable bonds is 4. The standard InChI is InChI=1S/C12H12F3NO3/c1-2-16(7-10(17)18)11(19)8-3-5-9(6-4-8)12(13,14)15/h3-6H,2,7H2,1H3,(H,17,18). The highest BCUT2D eigenvalue weighted by molar-refractivity contribution is 5.95. The van der Waals surface area contributed by atoms with Crippen LogP contribution in [0.15, 0.2) is 24.3 Å². The molecule has 7 heteroatoms. The second kappa shape index (κ2) is 5.73. The molecule has 1 aromatic carbocycles. The number of hydrogen-bond donors (Lipinski definition) is 1. The summed E-state index contributed by atoms with van der Waals surface area (Å²) >= 11 is 0. The summed E-state index contributed by atoms with van der Waals surface area (Å²) in [6, 6.07) is 3.66. The van der Waals surface area contributed by atoms with Crippen molar-refractivity contribution in [3.05, 3.63) is 35.4 Å². The fourth-order valence-electron chi connectivity index (χ4n) is 1.47. The minimum atomic E-state index is -4.47. The Morgan fingerprint density at radius 1 is 1.21 bits per heavy atom. The molecule has 1 amide bonds. The summed E-state index contributed by atoms with van der Waals surface area (Å²) in [5, 5.41) is 8.62. The van der Waals surface area contributed by atoms with E-state index >= 15 is 0 Å². The molecule has 0 fully saturated rings. The van der Waals surface area contributed by atoms with Crippen LogP contribution >= 0.6 is 0 Å². The van der Waals surface area contributed by atoms with Crippen LogP contribution in [0.4, 0.5) is 13.2 Å². The largest absolute Gasteiger partial charge is 0.480 e. The Kier molecular flexibility index (Phi) is 4.52. The molecule has 0 aliphatic rings. The zero-order valence-electron chi connectivity index (χ0n) is 10.1. The van der Waals surface area contributed by atoms with Crippen molar-refractivity contribution in [2.75, 3.05) is 13.1 Å². The number of alkyl halides is 3. The van der Waals surface area contributed by atoms with Gasteiger partial charge in [-0.25, -0.2) is 0 Å². The highest BCUT2D eigenvalue weighted by atomic mass is 19.4. The molecule has 0 aliphatic carbocycles. The van der Waals surface area contributed by atoms with Gasteiger partial charge in [0.25, 0.3) is 5.91 Å². The van der Waals surface area contributed by atoms with Gasteiger partial charge in [0, 0.05) is 12.1 Å². The van der Waals surface area contributed by atoms with E-state index in [1.807, 2.05) is 0 Å². The van der Waals surface area contributed by atoms with Gasteiger partial charge in [-0.1, -0.05) is 0 Å². The molecular formula is C12H12F3NO3. The number of hydrogen-bond acceptors (Lipinski definition) is 2. The van der Waals surface area contributed by atoms with E-state index in [4.69, 9.17) is 5.11 Å². The number of carbonyl (C=O) groups is 2. The van der Waals surface area contributed by atoms with Gasteiger partial charge in [-0.3, -0.25) is 9.59 Å². The molecule has 0 bridgehead atoms. The van der Waals surface area contributed by atoms with Crippen molar-refractivity contribution in [1.82, 2.24) is 4.90 Å². The van der Waals surface area contributed by atoms with Gasteiger partial charge in [-0.05, 0) is 31.2 Å². The van der Waals surface area contributed by atoms with Crippen molar-refractivity contribution in [3.63, 3.8) is 0 Å². The minimum Gasteiger partial charge on any atom is -0.480 e.